The van der Waals surface area contributed by atoms with Gasteiger partial charge in [-0.25, -0.2) is 29.3 Å². The van der Waals surface area contributed by atoms with E-state index in [4.69, 9.17) is 4.74 Å². The Kier molecular flexibility index (Phi) is 4.96. The standard InChI is InChI=1S/C19H14F2N6O/c20-14-10-25-16(21)9-15(14)28-13-3-1-12(2-4-13)5-6-23-18-17-19(27-11-26-18)24-8-7-22-17/h1-4,7-11H,5-6H2,(H,23,24,26,27). The first-order chi connectivity index (χ1) is 13.7. The summed E-state index contributed by atoms with van der Waals surface area (Å²) in [6.45, 7) is 0.618. The summed E-state index contributed by atoms with van der Waals surface area (Å²) >= 11 is 0. The summed E-state index contributed by atoms with van der Waals surface area (Å²) < 4.78 is 32.1. The Morgan fingerprint density at radius 3 is 2.61 bits per heavy atom. The van der Waals surface area contributed by atoms with Crippen LogP contribution in [-0.2, 0) is 6.42 Å². The van der Waals surface area contributed by atoms with E-state index in [1.54, 1.807) is 24.5 Å². The molecule has 28 heavy (non-hydrogen) atoms. The molecule has 0 saturated heterocycles. The second-order valence-electron chi connectivity index (χ2n) is 5.81. The first kappa shape index (κ1) is 17.7. The highest BCUT2D eigenvalue weighted by Gasteiger charge is 2.08. The van der Waals surface area contributed by atoms with Crippen LogP contribution in [0.1, 0.15) is 5.56 Å². The summed E-state index contributed by atoms with van der Waals surface area (Å²) in [6.07, 6.45) is 6.10. The maximum Gasteiger partial charge on any atom is 0.216 e. The monoisotopic (exact) mass is 380 g/mol. The van der Waals surface area contributed by atoms with Gasteiger partial charge in [0.15, 0.2) is 23.0 Å². The predicted octanol–water partition coefficient (Wildman–Crippen LogP) is 3.54. The van der Waals surface area contributed by atoms with Gasteiger partial charge >= 0.3 is 0 Å². The zero-order valence-corrected chi connectivity index (χ0v) is 14.5. The summed E-state index contributed by atoms with van der Waals surface area (Å²) in [7, 11) is 0. The average molecular weight is 380 g/mol. The van der Waals surface area contributed by atoms with Gasteiger partial charge in [0.1, 0.15) is 17.6 Å². The van der Waals surface area contributed by atoms with Crippen molar-refractivity contribution in [2.75, 3.05) is 11.9 Å². The lowest BCUT2D eigenvalue weighted by Crippen LogP contribution is -2.08. The number of anilines is 1. The third-order valence-electron chi connectivity index (χ3n) is 3.91. The van der Waals surface area contributed by atoms with E-state index < -0.39 is 11.8 Å². The summed E-state index contributed by atoms with van der Waals surface area (Å²) in [4.78, 5) is 19.9. The second-order valence-corrected chi connectivity index (χ2v) is 5.81. The number of aromatic nitrogens is 5. The maximum atomic E-state index is 13.6. The van der Waals surface area contributed by atoms with E-state index in [0.29, 0.717) is 35.7 Å². The lowest BCUT2D eigenvalue weighted by molar-refractivity contribution is 0.430. The van der Waals surface area contributed by atoms with E-state index in [2.05, 4.69) is 30.2 Å². The Hall–Kier alpha value is -3.75. The van der Waals surface area contributed by atoms with Crippen LogP contribution >= 0.6 is 0 Å². The fourth-order valence-electron chi connectivity index (χ4n) is 2.57. The molecule has 0 amide bonds. The van der Waals surface area contributed by atoms with Crippen molar-refractivity contribution in [2.24, 2.45) is 0 Å². The van der Waals surface area contributed by atoms with Gasteiger partial charge in [0.2, 0.25) is 5.95 Å². The molecule has 7 nitrogen and oxygen atoms in total. The minimum absolute atomic E-state index is 0.210. The SMILES string of the molecule is Fc1cc(Oc2ccc(CCNc3ncnc4nccnc34)cc2)c(F)cn1. The molecule has 4 aromatic rings. The van der Waals surface area contributed by atoms with E-state index in [9.17, 15) is 8.78 Å². The number of nitrogens with one attached hydrogen (secondary N) is 1. The molecule has 9 heteroatoms. The number of pyridine rings is 1. The molecule has 0 aliphatic rings. The van der Waals surface area contributed by atoms with Gasteiger partial charge in [-0.1, -0.05) is 12.1 Å². The molecule has 0 atom stereocenters. The van der Waals surface area contributed by atoms with Gasteiger partial charge in [-0.2, -0.15) is 4.39 Å². The Morgan fingerprint density at radius 1 is 0.929 bits per heavy atom. The van der Waals surface area contributed by atoms with Gasteiger partial charge in [-0.3, -0.25) is 0 Å². The van der Waals surface area contributed by atoms with Crippen LogP contribution in [0.2, 0.25) is 0 Å². The number of rotatable bonds is 6. The Bertz CT molecular complexity index is 1100. The normalized spacial score (nSPS) is 10.8. The van der Waals surface area contributed by atoms with Gasteiger partial charge in [0, 0.05) is 25.0 Å². The molecule has 3 heterocycles. The third kappa shape index (κ3) is 3.98. The Labute approximate surface area is 158 Å². The topological polar surface area (TPSA) is 85.7 Å². The summed E-state index contributed by atoms with van der Waals surface area (Å²) in [5.41, 5.74) is 2.17. The summed E-state index contributed by atoms with van der Waals surface area (Å²) in [5.74, 6) is -0.721. The smallest absolute Gasteiger partial charge is 0.216 e. The van der Waals surface area contributed by atoms with E-state index in [0.717, 1.165) is 17.8 Å². The van der Waals surface area contributed by atoms with E-state index in [1.165, 1.54) is 6.33 Å². The van der Waals surface area contributed by atoms with Gasteiger partial charge < -0.3 is 10.1 Å². The molecule has 1 N–H and O–H groups in total. The minimum atomic E-state index is -0.805. The summed E-state index contributed by atoms with van der Waals surface area (Å²) in [5, 5.41) is 3.22. The van der Waals surface area contributed by atoms with Crippen LogP contribution in [0.4, 0.5) is 14.6 Å². The molecule has 4 rings (SSSR count). The van der Waals surface area contributed by atoms with Crippen LogP contribution < -0.4 is 10.1 Å². The predicted molar refractivity (Wildman–Crippen MR) is 98.0 cm³/mol. The maximum absolute atomic E-state index is 13.6. The number of hydrogen-bond acceptors (Lipinski definition) is 7. The minimum Gasteiger partial charge on any atom is -0.454 e. The molecule has 0 radical (unpaired) electrons. The zero-order chi connectivity index (χ0) is 19.3. The first-order valence-corrected chi connectivity index (χ1v) is 8.42. The van der Waals surface area contributed by atoms with Crippen molar-refractivity contribution in [1.29, 1.82) is 0 Å². The highest BCUT2D eigenvalue weighted by atomic mass is 19.1. The Balaban J connectivity index is 1.37. The van der Waals surface area contributed by atoms with Crippen molar-refractivity contribution in [3.63, 3.8) is 0 Å². The van der Waals surface area contributed by atoms with Gasteiger partial charge in [-0.05, 0) is 24.1 Å². The fourth-order valence-corrected chi connectivity index (χ4v) is 2.57. The quantitative estimate of drug-likeness (QED) is 0.512. The van der Waals surface area contributed by atoms with Crippen molar-refractivity contribution >= 4 is 17.0 Å². The molecule has 1 aromatic carbocycles. The number of ether oxygens (including phenoxy) is 1. The average Bonchev–Trinajstić information content (AvgIpc) is 2.72. The largest absolute Gasteiger partial charge is 0.454 e. The molecular formula is C19H14F2N6O. The number of nitrogens with zero attached hydrogens (tertiary/aromatic N) is 5. The number of halogens is 2. The van der Waals surface area contributed by atoms with Gasteiger partial charge in [-0.15, -0.1) is 0 Å². The van der Waals surface area contributed by atoms with Crippen molar-refractivity contribution in [3.05, 3.63) is 72.6 Å². The molecular weight excluding hydrogens is 366 g/mol. The highest BCUT2D eigenvalue weighted by Crippen LogP contribution is 2.24. The second kappa shape index (κ2) is 7.87. The molecule has 0 fully saturated rings. The van der Waals surface area contributed by atoms with Crippen LogP contribution in [0.5, 0.6) is 11.5 Å². The molecule has 0 aliphatic carbocycles. The number of fused-ring (bicyclic) bond motifs is 1. The van der Waals surface area contributed by atoms with Crippen LogP contribution in [-0.4, -0.2) is 31.5 Å². The van der Waals surface area contributed by atoms with E-state index in [1.807, 2.05) is 12.1 Å². The van der Waals surface area contributed by atoms with Crippen LogP contribution in [0, 0.1) is 11.8 Å². The Morgan fingerprint density at radius 2 is 1.75 bits per heavy atom. The molecule has 0 saturated carbocycles. The molecule has 3 aromatic heterocycles. The zero-order valence-electron chi connectivity index (χ0n) is 14.5. The number of hydrogen-bond donors (Lipinski definition) is 1. The van der Waals surface area contributed by atoms with Crippen molar-refractivity contribution < 1.29 is 13.5 Å². The lowest BCUT2D eigenvalue weighted by Gasteiger charge is -2.09. The molecule has 0 aliphatic heterocycles. The van der Waals surface area contributed by atoms with Gasteiger partial charge in [0.05, 0.1) is 6.20 Å². The van der Waals surface area contributed by atoms with Crippen LogP contribution in [0.3, 0.4) is 0 Å². The lowest BCUT2D eigenvalue weighted by atomic mass is 10.1. The van der Waals surface area contributed by atoms with Crippen molar-refractivity contribution in [2.45, 2.75) is 6.42 Å². The molecule has 0 bridgehead atoms. The van der Waals surface area contributed by atoms with E-state index >= 15 is 0 Å². The van der Waals surface area contributed by atoms with Crippen LogP contribution in [0.15, 0.2) is 55.2 Å². The molecule has 0 unspecified atom stereocenters. The summed E-state index contributed by atoms with van der Waals surface area (Å²) in [6, 6.07) is 7.99. The fraction of sp³-hybridized carbons (Fsp3) is 0.105. The van der Waals surface area contributed by atoms with Crippen molar-refractivity contribution in [3.8, 4) is 11.5 Å². The third-order valence-corrected chi connectivity index (χ3v) is 3.91. The van der Waals surface area contributed by atoms with Crippen molar-refractivity contribution in [1.82, 2.24) is 24.9 Å². The molecule has 140 valence electrons. The highest BCUT2D eigenvalue weighted by molar-refractivity contribution is 5.81. The van der Waals surface area contributed by atoms with E-state index in [-0.39, 0.29) is 5.75 Å². The molecule has 0 spiro atoms. The first-order valence-electron chi connectivity index (χ1n) is 8.42. The number of benzene rings is 1. The van der Waals surface area contributed by atoms with Gasteiger partial charge in [0.25, 0.3) is 0 Å². The van der Waals surface area contributed by atoms with Crippen LogP contribution in [0.25, 0.3) is 11.2 Å².